The van der Waals surface area contributed by atoms with Crippen LogP contribution in [0.1, 0.15) is 0 Å². The van der Waals surface area contributed by atoms with Gasteiger partial charge >= 0.3 is 5.79 Å². The van der Waals surface area contributed by atoms with Crippen molar-refractivity contribution in [1.29, 1.82) is 0 Å². The number of rotatable bonds is 1. The number of anilines is 1. The number of nitrogens with zero attached hydrogens (tertiary/aromatic N) is 2. The van der Waals surface area contributed by atoms with E-state index in [1.54, 1.807) is 6.20 Å². The zero-order chi connectivity index (χ0) is 11.0. The zero-order valence-electron chi connectivity index (χ0n) is 8.80. The second-order valence-electron chi connectivity index (χ2n) is 4.11. The highest BCUT2D eigenvalue weighted by atomic mass is 16.7. The molecule has 2 aliphatic rings. The molecule has 2 aliphatic heterocycles. The van der Waals surface area contributed by atoms with Crippen LogP contribution < -0.4 is 4.90 Å². The van der Waals surface area contributed by atoms with Gasteiger partial charge in [-0.3, -0.25) is 5.10 Å². The molecule has 1 aromatic rings. The number of aromatic amines is 1. The lowest BCUT2D eigenvalue weighted by Gasteiger charge is -2.29. The zero-order valence-corrected chi connectivity index (χ0v) is 8.80. The molecule has 0 aromatic carbocycles. The summed E-state index contributed by atoms with van der Waals surface area (Å²) in [5, 5.41) is 16.1. The van der Waals surface area contributed by atoms with Crippen LogP contribution in [0.5, 0.6) is 0 Å². The number of aromatic nitrogens is 2. The van der Waals surface area contributed by atoms with Crippen molar-refractivity contribution in [3.63, 3.8) is 0 Å². The first-order chi connectivity index (χ1) is 7.77. The van der Waals surface area contributed by atoms with Crippen molar-refractivity contribution in [2.24, 2.45) is 0 Å². The highest BCUT2D eigenvalue weighted by molar-refractivity contribution is 5.41. The molecule has 1 aromatic heterocycles. The van der Waals surface area contributed by atoms with Gasteiger partial charge in [-0.2, -0.15) is 5.10 Å². The predicted molar refractivity (Wildman–Crippen MR) is 55.7 cm³/mol. The molecule has 1 spiro atoms. The van der Waals surface area contributed by atoms with Crippen LogP contribution in [0, 0.1) is 6.42 Å². The third kappa shape index (κ3) is 1.64. The largest absolute Gasteiger partial charge is 0.388 e. The summed E-state index contributed by atoms with van der Waals surface area (Å²) in [6, 6.07) is 1.91. The predicted octanol–water partition coefficient (Wildman–Crippen LogP) is -0.462. The maximum absolute atomic E-state index is 9.31. The molecule has 2 N–H and O–H groups in total. The molecule has 86 valence electrons. The van der Waals surface area contributed by atoms with Crippen LogP contribution >= 0.6 is 0 Å². The average Bonchev–Trinajstić information content (AvgIpc) is 2.93. The Hall–Kier alpha value is -1.24. The van der Waals surface area contributed by atoms with E-state index in [2.05, 4.69) is 15.1 Å². The van der Waals surface area contributed by atoms with Gasteiger partial charge in [0.05, 0.1) is 19.4 Å². The molecule has 0 unspecified atom stereocenters. The summed E-state index contributed by atoms with van der Waals surface area (Å²) in [6.07, 6.45) is 3.19. The highest BCUT2D eigenvalue weighted by Gasteiger charge is 2.52. The summed E-state index contributed by atoms with van der Waals surface area (Å²) in [6.45, 7) is 2.03. The molecule has 16 heavy (non-hydrogen) atoms. The van der Waals surface area contributed by atoms with Crippen LogP contribution in [0.4, 0.5) is 5.82 Å². The monoisotopic (exact) mass is 224 g/mol. The van der Waals surface area contributed by atoms with E-state index in [0.717, 1.165) is 12.4 Å². The lowest BCUT2D eigenvalue weighted by Crippen LogP contribution is -2.48. The Morgan fingerprint density at radius 3 is 3.06 bits per heavy atom. The molecule has 3 heterocycles. The number of aliphatic hydroxyl groups is 1. The fraction of sp³-hybridized carbons (Fsp3) is 0.600. The summed E-state index contributed by atoms with van der Waals surface area (Å²) in [4.78, 5) is 2.09. The van der Waals surface area contributed by atoms with Gasteiger partial charge in [0.1, 0.15) is 18.5 Å². The lowest BCUT2D eigenvalue weighted by molar-refractivity contribution is -0.262. The lowest BCUT2D eigenvalue weighted by atomic mass is 10.2. The quantitative estimate of drug-likeness (QED) is 0.631. The number of ether oxygens (including phenoxy) is 2. The van der Waals surface area contributed by atoms with Crippen LogP contribution in [0.3, 0.4) is 0 Å². The molecule has 2 fully saturated rings. The fourth-order valence-corrected chi connectivity index (χ4v) is 2.03. The SMILES string of the molecule is OC1COC2([CH+]CN(c3ccn[nH]3)C2)OC1. The number of H-pyrrole nitrogens is 1. The Balaban J connectivity index is 1.68. The van der Waals surface area contributed by atoms with Crippen molar-refractivity contribution in [2.45, 2.75) is 11.9 Å². The van der Waals surface area contributed by atoms with E-state index in [1.165, 1.54) is 0 Å². The van der Waals surface area contributed by atoms with Crippen molar-refractivity contribution in [3.05, 3.63) is 18.7 Å². The summed E-state index contributed by atoms with van der Waals surface area (Å²) >= 11 is 0. The van der Waals surface area contributed by atoms with Gasteiger partial charge in [-0.25, -0.2) is 0 Å². The van der Waals surface area contributed by atoms with E-state index >= 15 is 0 Å². The summed E-state index contributed by atoms with van der Waals surface area (Å²) in [5.41, 5.74) is 0. The molecule has 3 rings (SSSR count). The molecule has 6 nitrogen and oxygen atoms in total. The second-order valence-corrected chi connectivity index (χ2v) is 4.11. The van der Waals surface area contributed by atoms with Crippen molar-refractivity contribution in [1.82, 2.24) is 10.2 Å². The fourth-order valence-electron chi connectivity index (χ4n) is 2.03. The molecular weight excluding hydrogens is 210 g/mol. The number of nitrogens with one attached hydrogen (secondary N) is 1. The molecule has 0 saturated carbocycles. The van der Waals surface area contributed by atoms with E-state index in [9.17, 15) is 5.11 Å². The Kier molecular flexibility index (Phi) is 2.27. The normalized spacial score (nSPS) is 34.3. The van der Waals surface area contributed by atoms with Crippen LogP contribution in [0.15, 0.2) is 12.3 Å². The third-order valence-electron chi connectivity index (χ3n) is 2.90. The summed E-state index contributed by atoms with van der Waals surface area (Å²) < 4.78 is 11.1. The minimum atomic E-state index is -0.662. The Morgan fingerprint density at radius 1 is 1.56 bits per heavy atom. The Bertz CT molecular complexity index is 346. The maximum Gasteiger partial charge on any atom is 0.337 e. The second kappa shape index (κ2) is 3.65. The molecule has 0 aliphatic carbocycles. The first kappa shape index (κ1) is 9.95. The van der Waals surface area contributed by atoms with Gasteiger partial charge in [0.2, 0.25) is 0 Å². The van der Waals surface area contributed by atoms with Gasteiger partial charge in [-0.05, 0) is 0 Å². The maximum atomic E-state index is 9.31. The van der Waals surface area contributed by atoms with Gasteiger partial charge in [-0.1, -0.05) is 0 Å². The van der Waals surface area contributed by atoms with Gasteiger partial charge in [-0.15, -0.1) is 0 Å². The van der Waals surface area contributed by atoms with E-state index < -0.39 is 11.9 Å². The van der Waals surface area contributed by atoms with Gasteiger partial charge < -0.3 is 19.5 Å². The van der Waals surface area contributed by atoms with Crippen molar-refractivity contribution in [3.8, 4) is 0 Å². The van der Waals surface area contributed by atoms with Crippen molar-refractivity contribution in [2.75, 3.05) is 31.2 Å². The minimum absolute atomic E-state index is 0.327. The number of aliphatic hydroxyl groups excluding tert-OH is 1. The molecule has 6 heteroatoms. The van der Waals surface area contributed by atoms with E-state index in [-0.39, 0.29) is 0 Å². The minimum Gasteiger partial charge on any atom is -0.388 e. The molecular formula is C10H14N3O3+. The van der Waals surface area contributed by atoms with Gasteiger partial charge in [0.25, 0.3) is 0 Å². The number of hydrogen-bond acceptors (Lipinski definition) is 5. The first-order valence-electron chi connectivity index (χ1n) is 5.32. The molecule has 0 atom stereocenters. The van der Waals surface area contributed by atoms with Crippen molar-refractivity contribution >= 4 is 5.82 Å². The molecule has 0 radical (unpaired) electrons. The number of hydrogen-bond donors (Lipinski definition) is 2. The smallest absolute Gasteiger partial charge is 0.337 e. The van der Waals surface area contributed by atoms with E-state index in [0.29, 0.717) is 19.8 Å². The van der Waals surface area contributed by atoms with Crippen LogP contribution in [-0.2, 0) is 9.47 Å². The van der Waals surface area contributed by atoms with Crippen LogP contribution in [-0.4, -0.2) is 53.5 Å². The Morgan fingerprint density at radius 2 is 2.38 bits per heavy atom. The summed E-state index contributed by atoms with van der Waals surface area (Å²) in [5.74, 6) is 0.288. The third-order valence-corrected chi connectivity index (χ3v) is 2.90. The van der Waals surface area contributed by atoms with E-state index in [4.69, 9.17) is 9.47 Å². The first-order valence-corrected chi connectivity index (χ1v) is 5.32. The molecule has 2 saturated heterocycles. The standard InChI is InChI=1S/C10H14N3O3/c14-8-5-15-10(16-6-8)2-4-13(7-10)9-1-3-11-12-9/h1-3,8,14H,4-7H2,(H,11,12)/q+1. The van der Waals surface area contributed by atoms with Gasteiger partial charge in [0.15, 0.2) is 13.0 Å². The molecule has 0 amide bonds. The Labute approximate surface area is 93.2 Å². The van der Waals surface area contributed by atoms with Gasteiger partial charge in [0, 0.05) is 6.07 Å². The van der Waals surface area contributed by atoms with Crippen LogP contribution in [0.25, 0.3) is 0 Å². The topological polar surface area (TPSA) is 70.6 Å². The summed E-state index contributed by atoms with van der Waals surface area (Å²) in [7, 11) is 0. The van der Waals surface area contributed by atoms with Crippen LogP contribution in [0.2, 0.25) is 0 Å². The van der Waals surface area contributed by atoms with E-state index in [1.807, 2.05) is 12.5 Å². The highest BCUT2D eigenvalue weighted by Crippen LogP contribution is 2.31. The average molecular weight is 224 g/mol. The van der Waals surface area contributed by atoms with Crippen molar-refractivity contribution < 1.29 is 14.6 Å². The molecule has 0 bridgehead atoms.